The normalized spacial score (nSPS) is 15.3. The molecule has 0 bridgehead atoms. The summed E-state index contributed by atoms with van der Waals surface area (Å²) in [4.78, 5) is 15.2. The Labute approximate surface area is 214 Å². The first kappa shape index (κ1) is 27.1. The van der Waals surface area contributed by atoms with Gasteiger partial charge in [-0.05, 0) is 77.0 Å². The molecule has 1 N–H and O–H groups in total. The molecule has 1 atom stereocenters. The van der Waals surface area contributed by atoms with E-state index >= 15 is 0 Å². The first-order valence-corrected chi connectivity index (χ1v) is 12.4. The number of aromatic nitrogens is 1. The van der Waals surface area contributed by atoms with Crippen LogP contribution in [0.2, 0.25) is 0 Å². The Bertz CT molecular complexity index is 1120. The number of halogens is 1. The van der Waals surface area contributed by atoms with Gasteiger partial charge in [0.2, 0.25) is 0 Å². The fourth-order valence-corrected chi connectivity index (χ4v) is 4.84. The molecule has 7 heteroatoms. The van der Waals surface area contributed by atoms with Crippen molar-refractivity contribution in [1.29, 1.82) is 0 Å². The van der Waals surface area contributed by atoms with Crippen molar-refractivity contribution in [2.24, 2.45) is 0 Å². The van der Waals surface area contributed by atoms with Gasteiger partial charge in [0.25, 0.3) is 0 Å². The molecule has 35 heavy (non-hydrogen) atoms. The van der Waals surface area contributed by atoms with E-state index in [4.69, 9.17) is 9.47 Å². The summed E-state index contributed by atoms with van der Waals surface area (Å²) in [6.07, 6.45) is 4.37. The fraction of sp³-hybridized carbons (Fsp3) is 0.464. The topological polar surface area (TPSA) is 63.9 Å². The molecule has 0 saturated carbocycles. The molecule has 0 spiro atoms. The molecule has 6 nitrogen and oxygen atoms in total. The van der Waals surface area contributed by atoms with Crippen LogP contribution in [0.1, 0.15) is 54.2 Å². The molecule has 1 aliphatic heterocycles. The lowest BCUT2D eigenvalue weighted by molar-refractivity contribution is 0.0527. The minimum atomic E-state index is -0.558. The van der Waals surface area contributed by atoms with E-state index < -0.39 is 6.10 Å². The molecular formula is C28H37ClN2O4. The molecule has 1 unspecified atom stereocenters. The SMILES string of the molecule is CCOC(=O)c1c(C)n(-c2ccc(C)cc2)c2ccc(OCC(O)CN3CCCCCC3)cc12.Cl. The number of rotatable bonds is 8. The van der Waals surface area contributed by atoms with Crippen LogP contribution in [0.5, 0.6) is 5.75 Å². The maximum absolute atomic E-state index is 12.9. The number of likely N-dealkylation sites (tertiary alicyclic amines) is 1. The van der Waals surface area contributed by atoms with Crippen molar-refractivity contribution in [1.82, 2.24) is 9.47 Å². The van der Waals surface area contributed by atoms with Crippen LogP contribution < -0.4 is 4.74 Å². The van der Waals surface area contributed by atoms with E-state index in [0.29, 0.717) is 24.5 Å². The van der Waals surface area contributed by atoms with Gasteiger partial charge < -0.3 is 24.0 Å². The summed E-state index contributed by atoms with van der Waals surface area (Å²) in [6, 6.07) is 14.0. The first-order chi connectivity index (χ1) is 16.5. The Balaban J connectivity index is 0.00000342. The largest absolute Gasteiger partial charge is 0.491 e. The number of aliphatic hydroxyl groups is 1. The van der Waals surface area contributed by atoms with E-state index in [-0.39, 0.29) is 25.0 Å². The Morgan fingerprint density at radius 2 is 1.71 bits per heavy atom. The average Bonchev–Trinajstić information content (AvgIpc) is 2.94. The zero-order chi connectivity index (χ0) is 24.1. The van der Waals surface area contributed by atoms with Gasteiger partial charge in [0.1, 0.15) is 18.5 Å². The number of carbonyl (C=O) groups excluding carboxylic acids is 1. The summed E-state index contributed by atoms with van der Waals surface area (Å²) in [7, 11) is 0. The number of hydrogen-bond donors (Lipinski definition) is 1. The molecular weight excluding hydrogens is 464 g/mol. The van der Waals surface area contributed by atoms with Gasteiger partial charge in [-0.25, -0.2) is 4.79 Å². The smallest absolute Gasteiger partial charge is 0.340 e. The van der Waals surface area contributed by atoms with Gasteiger partial charge in [0.15, 0.2) is 0 Å². The molecule has 3 aromatic rings. The predicted octanol–water partition coefficient (Wildman–Crippen LogP) is 5.46. The van der Waals surface area contributed by atoms with Crippen molar-refractivity contribution in [3.8, 4) is 11.4 Å². The zero-order valence-corrected chi connectivity index (χ0v) is 21.8. The van der Waals surface area contributed by atoms with Crippen LogP contribution in [-0.2, 0) is 4.74 Å². The Morgan fingerprint density at radius 3 is 2.37 bits per heavy atom. The van der Waals surface area contributed by atoms with E-state index in [0.717, 1.165) is 35.4 Å². The van der Waals surface area contributed by atoms with Gasteiger partial charge in [-0.1, -0.05) is 30.5 Å². The maximum Gasteiger partial charge on any atom is 0.340 e. The van der Waals surface area contributed by atoms with E-state index in [1.54, 1.807) is 0 Å². The third-order valence-corrected chi connectivity index (χ3v) is 6.56. The Kier molecular flexibility index (Phi) is 9.61. The third kappa shape index (κ3) is 6.37. The molecule has 0 amide bonds. The second-order valence-electron chi connectivity index (χ2n) is 9.21. The summed E-state index contributed by atoms with van der Waals surface area (Å²) in [5.74, 6) is 0.295. The maximum atomic E-state index is 12.9. The average molecular weight is 501 g/mol. The van der Waals surface area contributed by atoms with Crippen LogP contribution >= 0.6 is 12.4 Å². The van der Waals surface area contributed by atoms with Crippen molar-refractivity contribution < 1.29 is 19.4 Å². The van der Waals surface area contributed by atoms with Gasteiger partial charge in [-0.2, -0.15) is 0 Å². The summed E-state index contributed by atoms with van der Waals surface area (Å²) < 4.78 is 13.4. The number of aliphatic hydroxyl groups excluding tert-OH is 1. The quantitative estimate of drug-likeness (QED) is 0.416. The van der Waals surface area contributed by atoms with Gasteiger partial charge in [-0.15, -0.1) is 12.4 Å². The minimum Gasteiger partial charge on any atom is -0.491 e. The lowest BCUT2D eigenvalue weighted by Gasteiger charge is -2.23. The summed E-state index contributed by atoms with van der Waals surface area (Å²) in [5.41, 5.74) is 4.47. The zero-order valence-electron chi connectivity index (χ0n) is 21.0. The van der Waals surface area contributed by atoms with Crippen molar-refractivity contribution in [2.45, 2.75) is 52.6 Å². The Hall–Kier alpha value is -2.54. The molecule has 2 aromatic carbocycles. The highest BCUT2D eigenvalue weighted by atomic mass is 35.5. The number of nitrogens with zero attached hydrogens (tertiary/aromatic N) is 2. The highest BCUT2D eigenvalue weighted by molar-refractivity contribution is 6.07. The molecule has 1 fully saturated rings. The number of hydrogen-bond acceptors (Lipinski definition) is 5. The number of benzene rings is 2. The third-order valence-electron chi connectivity index (χ3n) is 6.56. The van der Waals surface area contributed by atoms with Crippen molar-refractivity contribution in [3.63, 3.8) is 0 Å². The van der Waals surface area contributed by atoms with E-state index in [1.807, 2.05) is 32.0 Å². The van der Waals surface area contributed by atoms with Crippen molar-refractivity contribution in [3.05, 3.63) is 59.3 Å². The molecule has 0 radical (unpaired) electrons. The lowest BCUT2D eigenvalue weighted by atomic mass is 10.1. The summed E-state index contributed by atoms with van der Waals surface area (Å²) in [5, 5.41) is 11.3. The second kappa shape index (κ2) is 12.4. The van der Waals surface area contributed by atoms with Gasteiger partial charge in [0, 0.05) is 23.3 Å². The fourth-order valence-electron chi connectivity index (χ4n) is 4.84. The lowest BCUT2D eigenvalue weighted by Crippen LogP contribution is -2.36. The van der Waals surface area contributed by atoms with Crippen LogP contribution in [0.25, 0.3) is 16.6 Å². The van der Waals surface area contributed by atoms with Gasteiger partial charge in [0.05, 0.1) is 17.7 Å². The summed E-state index contributed by atoms with van der Waals surface area (Å²) >= 11 is 0. The molecule has 1 aromatic heterocycles. The monoisotopic (exact) mass is 500 g/mol. The first-order valence-electron chi connectivity index (χ1n) is 12.4. The molecule has 2 heterocycles. The molecule has 190 valence electrons. The van der Waals surface area contributed by atoms with E-state index in [2.05, 4.69) is 40.7 Å². The van der Waals surface area contributed by atoms with Gasteiger partial charge in [-0.3, -0.25) is 0 Å². The molecule has 0 aliphatic carbocycles. The van der Waals surface area contributed by atoms with E-state index in [1.165, 1.54) is 31.2 Å². The van der Waals surface area contributed by atoms with Gasteiger partial charge >= 0.3 is 5.97 Å². The second-order valence-corrected chi connectivity index (χ2v) is 9.21. The number of esters is 1. The number of β-amino-alcohol motifs (C(OH)–C–C–N with tert-alkyl or cyclic N) is 1. The Morgan fingerprint density at radius 1 is 1.03 bits per heavy atom. The predicted molar refractivity (Wildman–Crippen MR) is 142 cm³/mol. The highest BCUT2D eigenvalue weighted by Gasteiger charge is 2.23. The van der Waals surface area contributed by atoms with Crippen LogP contribution in [0, 0.1) is 13.8 Å². The standard InChI is InChI=1S/C28H36N2O4.ClH/c1-4-33-28(32)27-21(3)30(22-11-9-20(2)10-12-22)26-14-13-24(17-25(26)27)34-19-23(31)18-29-15-7-5-6-8-16-29;/h9-14,17,23,31H,4-8,15-16,18-19H2,1-3H3;1H. The van der Waals surface area contributed by atoms with Crippen LogP contribution in [-0.4, -0.2) is 59.5 Å². The van der Waals surface area contributed by atoms with Crippen molar-refractivity contribution in [2.75, 3.05) is 32.8 Å². The molecule has 1 saturated heterocycles. The number of fused-ring (bicyclic) bond motifs is 1. The molecule has 4 rings (SSSR count). The van der Waals surface area contributed by atoms with Crippen LogP contribution in [0.3, 0.4) is 0 Å². The van der Waals surface area contributed by atoms with Crippen LogP contribution in [0.4, 0.5) is 0 Å². The summed E-state index contributed by atoms with van der Waals surface area (Å²) in [6.45, 7) is 9.04. The minimum absolute atomic E-state index is 0. The molecule has 1 aliphatic rings. The number of aryl methyl sites for hydroxylation is 1. The van der Waals surface area contributed by atoms with Crippen molar-refractivity contribution >= 4 is 29.3 Å². The highest BCUT2D eigenvalue weighted by Crippen LogP contribution is 2.33. The van der Waals surface area contributed by atoms with E-state index in [9.17, 15) is 9.90 Å². The van der Waals surface area contributed by atoms with Crippen LogP contribution in [0.15, 0.2) is 42.5 Å². The number of ether oxygens (including phenoxy) is 2. The number of carbonyl (C=O) groups is 1.